The van der Waals surface area contributed by atoms with E-state index in [4.69, 9.17) is 0 Å². The zero-order valence-electron chi connectivity index (χ0n) is 11.1. The van der Waals surface area contributed by atoms with Gasteiger partial charge in [0.15, 0.2) is 0 Å². The van der Waals surface area contributed by atoms with Crippen LogP contribution in [0.3, 0.4) is 0 Å². The van der Waals surface area contributed by atoms with E-state index in [0.717, 1.165) is 19.5 Å². The second-order valence-electron chi connectivity index (χ2n) is 5.06. The van der Waals surface area contributed by atoms with Crippen molar-refractivity contribution >= 4 is 0 Å². The van der Waals surface area contributed by atoms with Crippen LogP contribution < -0.4 is 0 Å². The fraction of sp³-hybridized carbons (Fsp3) is 0.643. The minimum atomic E-state index is 0.273. The Hall–Kier alpha value is -0.930. The second-order valence-corrected chi connectivity index (χ2v) is 5.06. The second kappa shape index (κ2) is 7.41. The Morgan fingerprint density at radius 3 is 2.71 bits per heavy atom. The van der Waals surface area contributed by atoms with Crippen LogP contribution in [-0.4, -0.2) is 41.7 Å². The summed E-state index contributed by atoms with van der Waals surface area (Å²) in [7, 11) is 2.11. The number of aliphatic hydroxyl groups excluding tert-OH is 1. The molecule has 96 valence electrons. The van der Waals surface area contributed by atoms with E-state index >= 15 is 0 Å². The summed E-state index contributed by atoms with van der Waals surface area (Å²) in [5, 5.41) is 9.29. The van der Waals surface area contributed by atoms with E-state index < -0.39 is 0 Å². The third-order valence-corrected chi connectivity index (χ3v) is 3.23. The molecule has 0 bridgehead atoms. The summed E-state index contributed by atoms with van der Waals surface area (Å²) in [6, 6.07) is 4.08. The third-order valence-electron chi connectivity index (χ3n) is 3.23. The summed E-state index contributed by atoms with van der Waals surface area (Å²) in [5.41, 5.74) is 1.27. The first-order valence-corrected chi connectivity index (χ1v) is 6.31. The van der Waals surface area contributed by atoms with Crippen molar-refractivity contribution in [2.75, 3.05) is 26.7 Å². The predicted octanol–water partition coefficient (Wildman–Crippen LogP) is 1.82. The molecule has 0 saturated carbocycles. The molecular weight excluding hydrogens is 212 g/mol. The lowest BCUT2D eigenvalue weighted by Gasteiger charge is -2.25. The zero-order chi connectivity index (χ0) is 12.7. The van der Waals surface area contributed by atoms with Crippen molar-refractivity contribution in [3.05, 3.63) is 30.1 Å². The van der Waals surface area contributed by atoms with Crippen molar-refractivity contribution in [3.8, 4) is 0 Å². The van der Waals surface area contributed by atoms with Crippen molar-refractivity contribution in [2.45, 2.75) is 20.3 Å². The molecule has 0 aliphatic heterocycles. The maximum absolute atomic E-state index is 9.29. The van der Waals surface area contributed by atoms with Crippen molar-refractivity contribution in [1.29, 1.82) is 0 Å². The number of rotatable bonds is 7. The number of aromatic nitrogens is 1. The summed E-state index contributed by atoms with van der Waals surface area (Å²) in [6.45, 7) is 6.56. The van der Waals surface area contributed by atoms with Gasteiger partial charge in [-0.05, 0) is 36.9 Å². The highest BCUT2D eigenvalue weighted by atomic mass is 16.3. The molecule has 0 aliphatic rings. The maximum Gasteiger partial charge on any atom is 0.0473 e. The number of likely N-dealkylation sites (N-methyl/N-ethyl adjacent to an activating group) is 1. The highest BCUT2D eigenvalue weighted by molar-refractivity contribution is 5.08. The molecule has 0 fully saturated rings. The Morgan fingerprint density at radius 2 is 2.18 bits per heavy atom. The minimum Gasteiger partial charge on any atom is -0.396 e. The molecule has 0 saturated heterocycles. The molecule has 1 heterocycles. The van der Waals surface area contributed by atoms with Crippen LogP contribution in [0, 0.1) is 11.8 Å². The van der Waals surface area contributed by atoms with E-state index in [2.05, 4.69) is 36.8 Å². The normalized spacial score (nSPS) is 13.3. The van der Waals surface area contributed by atoms with Crippen molar-refractivity contribution in [3.63, 3.8) is 0 Å². The SMILES string of the molecule is CC(C)C(CO)CN(C)CCc1cccnc1. The first-order chi connectivity index (χ1) is 8.13. The average molecular weight is 236 g/mol. The lowest BCUT2D eigenvalue weighted by atomic mass is 9.96. The smallest absolute Gasteiger partial charge is 0.0473 e. The topological polar surface area (TPSA) is 36.4 Å². The monoisotopic (exact) mass is 236 g/mol. The average Bonchev–Trinajstić information content (AvgIpc) is 2.34. The van der Waals surface area contributed by atoms with Crippen LogP contribution in [0.1, 0.15) is 19.4 Å². The van der Waals surface area contributed by atoms with Gasteiger partial charge in [-0.3, -0.25) is 4.98 Å². The summed E-state index contributed by atoms with van der Waals surface area (Å²) in [4.78, 5) is 6.40. The molecule has 1 aromatic rings. The number of hydrogen-bond donors (Lipinski definition) is 1. The van der Waals surface area contributed by atoms with Gasteiger partial charge in [0.1, 0.15) is 0 Å². The quantitative estimate of drug-likeness (QED) is 0.784. The molecule has 0 amide bonds. The largest absolute Gasteiger partial charge is 0.396 e. The fourth-order valence-corrected chi connectivity index (χ4v) is 1.84. The van der Waals surface area contributed by atoms with Crippen LogP contribution in [0.15, 0.2) is 24.5 Å². The van der Waals surface area contributed by atoms with Gasteiger partial charge in [-0.2, -0.15) is 0 Å². The highest BCUT2D eigenvalue weighted by Crippen LogP contribution is 2.11. The Labute approximate surface area is 104 Å². The molecular formula is C14H24N2O. The van der Waals surface area contributed by atoms with Crippen LogP contribution in [0.4, 0.5) is 0 Å². The van der Waals surface area contributed by atoms with Gasteiger partial charge < -0.3 is 10.0 Å². The van der Waals surface area contributed by atoms with Gasteiger partial charge in [0.2, 0.25) is 0 Å². The van der Waals surface area contributed by atoms with Crippen LogP contribution >= 0.6 is 0 Å². The third kappa shape index (κ3) is 5.29. The van der Waals surface area contributed by atoms with Crippen LogP contribution in [0.2, 0.25) is 0 Å². The predicted molar refractivity (Wildman–Crippen MR) is 70.9 cm³/mol. The molecule has 0 spiro atoms. The van der Waals surface area contributed by atoms with Crippen molar-refractivity contribution in [1.82, 2.24) is 9.88 Å². The van der Waals surface area contributed by atoms with Gasteiger partial charge >= 0.3 is 0 Å². The number of aliphatic hydroxyl groups is 1. The molecule has 1 unspecified atom stereocenters. The zero-order valence-corrected chi connectivity index (χ0v) is 11.1. The van der Waals surface area contributed by atoms with E-state index in [1.165, 1.54) is 5.56 Å². The van der Waals surface area contributed by atoms with Crippen molar-refractivity contribution < 1.29 is 5.11 Å². The van der Waals surface area contributed by atoms with Crippen molar-refractivity contribution in [2.24, 2.45) is 11.8 Å². The standard InChI is InChI=1S/C14H24N2O/c1-12(2)14(11-17)10-16(3)8-6-13-5-4-7-15-9-13/h4-5,7,9,12,14,17H,6,8,10-11H2,1-3H3. The molecule has 1 rings (SSSR count). The number of pyridine rings is 1. The molecule has 0 radical (unpaired) electrons. The molecule has 17 heavy (non-hydrogen) atoms. The van der Waals surface area contributed by atoms with Crippen LogP contribution in [0.5, 0.6) is 0 Å². The molecule has 1 atom stereocenters. The van der Waals surface area contributed by atoms with Gasteiger partial charge in [-0.15, -0.1) is 0 Å². The number of hydrogen-bond acceptors (Lipinski definition) is 3. The highest BCUT2D eigenvalue weighted by Gasteiger charge is 2.14. The molecule has 0 aromatic carbocycles. The first kappa shape index (κ1) is 14.1. The van der Waals surface area contributed by atoms with E-state index in [1.807, 2.05) is 12.3 Å². The maximum atomic E-state index is 9.29. The summed E-state index contributed by atoms with van der Waals surface area (Å²) < 4.78 is 0. The van der Waals surface area contributed by atoms with Gasteiger partial charge in [-0.25, -0.2) is 0 Å². The van der Waals surface area contributed by atoms with E-state index in [-0.39, 0.29) is 6.61 Å². The molecule has 3 nitrogen and oxygen atoms in total. The number of nitrogens with zero attached hydrogens (tertiary/aromatic N) is 2. The fourth-order valence-electron chi connectivity index (χ4n) is 1.84. The van der Waals surface area contributed by atoms with E-state index in [1.54, 1.807) is 6.20 Å². The lowest BCUT2D eigenvalue weighted by Crippen LogP contribution is -2.32. The molecule has 0 aliphatic carbocycles. The Morgan fingerprint density at radius 1 is 1.41 bits per heavy atom. The van der Waals surface area contributed by atoms with Gasteiger partial charge in [0, 0.05) is 32.1 Å². The minimum absolute atomic E-state index is 0.273. The van der Waals surface area contributed by atoms with Crippen LogP contribution in [-0.2, 0) is 6.42 Å². The first-order valence-electron chi connectivity index (χ1n) is 6.31. The Bertz CT molecular complexity index is 300. The lowest BCUT2D eigenvalue weighted by molar-refractivity contribution is 0.147. The Balaban J connectivity index is 2.32. The van der Waals surface area contributed by atoms with Gasteiger partial charge in [0.25, 0.3) is 0 Å². The molecule has 1 aromatic heterocycles. The summed E-state index contributed by atoms with van der Waals surface area (Å²) in [6.07, 6.45) is 4.73. The summed E-state index contributed by atoms with van der Waals surface area (Å²) in [5.74, 6) is 0.898. The van der Waals surface area contributed by atoms with E-state index in [9.17, 15) is 5.11 Å². The van der Waals surface area contributed by atoms with Gasteiger partial charge in [-0.1, -0.05) is 19.9 Å². The van der Waals surface area contributed by atoms with Crippen LogP contribution in [0.25, 0.3) is 0 Å². The summed E-state index contributed by atoms with van der Waals surface area (Å²) >= 11 is 0. The molecule has 1 N–H and O–H groups in total. The Kier molecular flexibility index (Phi) is 6.16. The van der Waals surface area contributed by atoms with Gasteiger partial charge in [0.05, 0.1) is 0 Å². The van der Waals surface area contributed by atoms with E-state index in [0.29, 0.717) is 11.8 Å². The molecule has 3 heteroatoms.